The summed E-state index contributed by atoms with van der Waals surface area (Å²) in [5.74, 6) is -1.03. The van der Waals surface area contributed by atoms with Crippen molar-refractivity contribution in [2.45, 2.75) is 46.6 Å². The third-order valence-corrected chi connectivity index (χ3v) is 4.50. The van der Waals surface area contributed by atoms with Crippen molar-refractivity contribution in [3.8, 4) is 0 Å². The molecular formula is C20H29ClN2O4. The lowest BCUT2D eigenvalue weighted by atomic mass is 9.99. The molecule has 0 fully saturated rings. The smallest absolute Gasteiger partial charge is 0.329 e. The molecule has 0 heterocycles. The van der Waals surface area contributed by atoms with Gasteiger partial charge in [0.05, 0.1) is 0 Å². The summed E-state index contributed by atoms with van der Waals surface area (Å²) < 4.78 is 5.12. The second kappa shape index (κ2) is 11.6. The van der Waals surface area contributed by atoms with Crippen molar-refractivity contribution in [3.05, 3.63) is 34.9 Å². The van der Waals surface area contributed by atoms with Crippen LogP contribution in [0.15, 0.2) is 24.3 Å². The fourth-order valence-corrected chi connectivity index (χ4v) is 2.40. The van der Waals surface area contributed by atoms with Crippen molar-refractivity contribution in [3.63, 3.8) is 0 Å². The molecule has 2 atom stereocenters. The van der Waals surface area contributed by atoms with Gasteiger partial charge >= 0.3 is 5.97 Å². The molecule has 0 bridgehead atoms. The first kappa shape index (κ1) is 23.0. The molecule has 0 saturated heterocycles. The Balaban J connectivity index is 2.62. The van der Waals surface area contributed by atoms with E-state index in [-0.39, 0.29) is 18.4 Å². The highest BCUT2D eigenvalue weighted by Crippen LogP contribution is 2.13. The predicted molar refractivity (Wildman–Crippen MR) is 106 cm³/mol. The highest BCUT2D eigenvalue weighted by molar-refractivity contribution is 6.30. The molecule has 1 aromatic carbocycles. The van der Waals surface area contributed by atoms with Crippen LogP contribution in [0.4, 0.5) is 0 Å². The number of hydrogen-bond donors (Lipinski definition) is 2. The number of carbonyl (C=O) groups excluding carboxylic acids is 3. The van der Waals surface area contributed by atoms with Gasteiger partial charge < -0.3 is 15.4 Å². The molecule has 2 N–H and O–H groups in total. The van der Waals surface area contributed by atoms with Gasteiger partial charge in [-0.25, -0.2) is 4.79 Å². The monoisotopic (exact) mass is 396 g/mol. The molecule has 7 heteroatoms. The lowest BCUT2D eigenvalue weighted by Crippen LogP contribution is -2.46. The number of ether oxygens (including phenoxy) is 1. The van der Waals surface area contributed by atoms with E-state index < -0.39 is 17.9 Å². The molecule has 0 unspecified atom stereocenters. The molecule has 150 valence electrons. The zero-order valence-corrected chi connectivity index (χ0v) is 17.1. The second-order valence-corrected chi connectivity index (χ2v) is 7.42. The first-order valence-corrected chi connectivity index (χ1v) is 9.62. The summed E-state index contributed by atoms with van der Waals surface area (Å²) in [6.45, 7) is 8.06. The average molecular weight is 397 g/mol. The van der Waals surface area contributed by atoms with Gasteiger partial charge in [-0.3, -0.25) is 9.59 Å². The maximum absolute atomic E-state index is 12.4. The van der Waals surface area contributed by atoms with Crippen molar-refractivity contribution in [1.82, 2.24) is 10.6 Å². The number of rotatable bonds is 10. The van der Waals surface area contributed by atoms with Crippen molar-refractivity contribution in [1.29, 1.82) is 0 Å². The van der Waals surface area contributed by atoms with Crippen LogP contribution in [0.1, 0.15) is 50.9 Å². The summed E-state index contributed by atoms with van der Waals surface area (Å²) in [4.78, 5) is 36.6. The van der Waals surface area contributed by atoms with Crippen LogP contribution in [0.5, 0.6) is 0 Å². The summed E-state index contributed by atoms with van der Waals surface area (Å²) in [5, 5.41) is 5.93. The van der Waals surface area contributed by atoms with Crippen LogP contribution >= 0.6 is 11.6 Å². The summed E-state index contributed by atoms with van der Waals surface area (Å²) in [7, 11) is 0. The lowest BCUT2D eigenvalue weighted by molar-refractivity contribution is -0.151. The Bertz CT molecular complexity index is 631. The van der Waals surface area contributed by atoms with Crippen molar-refractivity contribution in [2.75, 3.05) is 13.2 Å². The van der Waals surface area contributed by atoms with E-state index in [1.165, 1.54) is 0 Å². The van der Waals surface area contributed by atoms with Gasteiger partial charge in [0, 0.05) is 17.1 Å². The molecular weight excluding hydrogens is 368 g/mol. The summed E-state index contributed by atoms with van der Waals surface area (Å²) in [5.41, 5.74) is 0.395. The maximum Gasteiger partial charge on any atom is 0.329 e. The van der Waals surface area contributed by atoms with Crippen molar-refractivity contribution >= 4 is 29.4 Å². The molecule has 27 heavy (non-hydrogen) atoms. The highest BCUT2D eigenvalue weighted by atomic mass is 35.5. The van der Waals surface area contributed by atoms with E-state index in [1.807, 2.05) is 13.8 Å². The van der Waals surface area contributed by atoms with Crippen LogP contribution in [0, 0.1) is 11.8 Å². The standard InChI is InChI=1S/C20H29ClN2O4/c1-5-14(4)18(23-19(25)15-6-8-16(21)9-7-15)20(26)27-12-17(24)22-11-10-13(2)3/h6-9,13-14,18H,5,10-12H2,1-4H3,(H,22,24)(H,23,25)/t14-,18-/m0/s1. The van der Waals surface area contributed by atoms with Gasteiger partial charge in [-0.2, -0.15) is 0 Å². The Morgan fingerprint density at radius 1 is 1.11 bits per heavy atom. The zero-order valence-electron chi connectivity index (χ0n) is 16.4. The normalized spacial score (nSPS) is 13.0. The molecule has 0 aliphatic carbocycles. The fraction of sp³-hybridized carbons (Fsp3) is 0.550. The Labute approximate surface area is 166 Å². The lowest BCUT2D eigenvalue weighted by Gasteiger charge is -2.22. The van der Waals surface area contributed by atoms with Crippen LogP contribution in [-0.4, -0.2) is 37.0 Å². The van der Waals surface area contributed by atoms with Gasteiger partial charge in [0.1, 0.15) is 6.04 Å². The van der Waals surface area contributed by atoms with Crippen LogP contribution in [0.2, 0.25) is 5.02 Å². The number of nitrogens with one attached hydrogen (secondary N) is 2. The molecule has 0 saturated carbocycles. The third-order valence-electron chi connectivity index (χ3n) is 4.25. The van der Waals surface area contributed by atoms with Gasteiger partial charge in [0.2, 0.25) is 0 Å². The number of esters is 1. The largest absolute Gasteiger partial charge is 0.454 e. The minimum Gasteiger partial charge on any atom is -0.454 e. The molecule has 0 aromatic heterocycles. The van der Waals surface area contributed by atoms with E-state index in [4.69, 9.17) is 16.3 Å². The Kier molecular flexibility index (Phi) is 9.86. The number of hydrogen-bond acceptors (Lipinski definition) is 4. The number of carbonyl (C=O) groups is 3. The maximum atomic E-state index is 12.4. The molecule has 6 nitrogen and oxygen atoms in total. The summed E-state index contributed by atoms with van der Waals surface area (Å²) >= 11 is 5.83. The number of halogens is 1. The quantitative estimate of drug-likeness (QED) is 0.595. The van der Waals surface area contributed by atoms with E-state index in [0.717, 1.165) is 6.42 Å². The van der Waals surface area contributed by atoms with Crippen molar-refractivity contribution < 1.29 is 19.1 Å². The Hall–Kier alpha value is -2.08. The van der Waals surface area contributed by atoms with Crippen LogP contribution < -0.4 is 10.6 Å². The summed E-state index contributed by atoms with van der Waals surface area (Å²) in [6, 6.07) is 5.54. The molecule has 0 spiro atoms. The SMILES string of the molecule is CC[C@H](C)[C@H](NC(=O)c1ccc(Cl)cc1)C(=O)OCC(=O)NCCC(C)C. The van der Waals surface area contributed by atoms with E-state index >= 15 is 0 Å². The number of amides is 2. The first-order valence-electron chi connectivity index (χ1n) is 9.24. The van der Waals surface area contributed by atoms with E-state index in [0.29, 0.717) is 29.5 Å². The van der Waals surface area contributed by atoms with Gasteiger partial charge in [0.25, 0.3) is 11.8 Å². The van der Waals surface area contributed by atoms with E-state index in [9.17, 15) is 14.4 Å². The zero-order chi connectivity index (χ0) is 20.4. The van der Waals surface area contributed by atoms with Gasteiger partial charge in [-0.1, -0.05) is 45.7 Å². The molecule has 0 aliphatic rings. The Morgan fingerprint density at radius 2 is 1.74 bits per heavy atom. The minimum atomic E-state index is -0.832. The second-order valence-electron chi connectivity index (χ2n) is 6.98. The van der Waals surface area contributed by atoms with Crippen LogP contribution in [0.25, 0.3) is 0 Å². The third kappa shape index (κ3) is 8.43. The molecule has 0 radical (unpaired) electrons. The van der Waals surface area contributed by atoms with Gasteiger partial charge in [0.15, 0.2) is 6.61 Å². The average Bonchev–Trinajstić information content (AvgIpc) is 2.63. The highest BCUT2D eigenvalue weighted by Gasteiger charge is 2.28. The molecule has 1 rings (SSSR count). The number of benzene rings is 1. The van der Waals surface area contributed by atoms with Crippen LogP contribution in [0.3, 0.4) is 0 Å². The minimum absolute atomic E-state index is 0.141. The van der Waals surface area contributed by atoms with Crippen molar-refractivity contribution in [2.24, 2.45) is 11.8 Å². The molecule has 2 amide bonds. The first-order chi connectivity index (χ1) is 12.7. The molecule has 1 aromatic rings. The van der Waals surface area contributed by atoms with Gasteiger partial charge in [-0.05, 0) is 42.5 Å². The summed E-state index contributed by atoms with van der Waals surface area (Å²) in [6.07, 6.45) is 1.52. The fourth-order valence-electron chi connectivity index (χ4n) is 2.27. The van der Waals surface area contributed by atoms with Crippen LogP contribution in [-0.2, 0) is 14.3 Å². The van der Waals surface area contributed by atoms with E-state index in [1.54, 1.807) is 24.3 Å². The molecule has 0 aliphatic heterocycles. The predicted octanol–water partition coefficient (Wildman–Crippen LogP) is 3.19. The van der Waals surface area contributed by atoms with Gasteiger partial charge in [-0.15, -0.1) is 0 Å². The Morgan fingerprint density at radius 3 is 2.30 bits per heavy atom. The topological polar surface area (TPSA) is 84.5 Å². The van der Waals surface area contributed by atoms with E-state index in [2.05, 4.69) is 24.5 Å².